The second kappa shape index (κ2) is 3.69. The molecule has 0 aromatic heterocycles. The average molecular weight is 130 g/mol. The molecule has 0 aliphatic heterocycles. The predicted molar refractivity (Wildman–Crippen MR) is 21.5 cm³/mol. The van der Waals surface area contributed by atoms with Gasteiger partial charge in [0, 0.05) is 6.42 Å². The van der Waals surface area contributed by atoms with Gasteiger partial charge in [0.15, 0.2) is 6.17 Å². The first kappa shape index (κ1) is 7.72. The van der Waals surface area contributed by atoms with Gasteiger partial charge in [-0.15, -0.1) is 0 Å². The Morgan fingerprint density at radius 3 is 1.75 bits per heavy atom. The highest BCUT2D eigenvalue weighted by Gasteiger charge is 2.17. The van der Waals surface area contributed by atoms with Crippen molar-refractivity contribution in [2.24, 2.45) is 0 Å². The molecule has 8 heavy (non-hydrogen) atoms. The van der Waals surface area contributed by atoms with E-state index in [1.165, 1.54) is 0 Å². The summed E-state index contributed by atoms with van der Waals surface area (Å²) in [6.45, 7) is -1.02. The highest BCUT2D eigenvalue weighted by atomic mass is 19.3. The lowest BCUT2D eigenvalue weighted by Gasteiger charge is -2.00. The van der Waals surface area contributed by atoms with Gasteiger partial charge in [-0.2, -0.15) is 0 Å². The summed E-state index contributed by atoms with van der Waals surface area (Å²) in [7, 11) is 0. The Morgan fingerprint density at radius 1 is 1.12 bits per heavy atom. The van der Waals surface area contributed by atoms with Gasteiger partial charge in [0.05, 0.1) is 6.67 Å². The Labute approximate surface area is 44.5 Å². The third kappa shape index (κ3) is 2.82. The fraction of sp³-hybridized carbons (Fsp3) is 1.00. The minimum atomic E-state index is -3.04. The summed E-state index contributed by atoms with van der Waals surface area (Å²) in [6.07, 6.45) is -6.02. The molecule has 0 amide bonds. The molecule has 0 N–H and O–H groups in total. The van der Waals surface area contributed by atoms with E-state index < -0.39 is 25.7 Å². The third-order valence-electron chi connectivity index (χ3n) is 0.658. The van der Waals surface area contributed by atoms with E-state index in [2.05, 4.69) is 0 Å². The zero-order valence-corrected chi connectivity index (χ0v) is 4.08. The maximum absolute atomic E-state index is 11.5. The van der Waals surface area contributed by atoms with Crippen LogP contribution in [0, 0.1) is 0 Å². The van der Waals surface area contributed by atoms with Gasteiger partial charge in [-0.05, 0) is 0 Å². The topological polar surface area (TPSA) is 0 Å². The van der Waals surface area contributed by atoms with Gasteiger partial charge < -0.3 is 0 Å². The quantitative estimate of drug-likeness (QED) is 0.512. The van der Waals surface area contributed by atoms with Gasteiger partial charge in [-0.3, -0.25) is 4.39 Å². The van der Waals surface area contributed by atoms with Crippen LogP contribution >= 0.6 is 0 Å². The van der Waals surface area contributed by atoms with E-state index >= 15 is 0 Å². The van der Waals surface area contributed by atoms with Gasteiger partial charge >= 0.3 is 0 Å². The van der Waals surface area contributed by atoms with Crippen LogP contribution in [-0.4, -0.2) is 19.3 Å². The van der Waals surface area contributed by atoms with E-state index in [1.807, 2.05) is 0 Å². The van der Waals surface area contributed by atoms with Crippen LogP contribution in [0.25, 0.3) is 0 Å². The van der Waals surface area contributed by atoms with Gasteiger partial charge in [0.2, 0.25) is 0 Å². The zero-order valence-electron chi connectivity index (χ0n) is 4.08. The molecule has 0 rings (SSSR count). The van der Waals surface area contributed by atoms with Crippen molar-refractivity contribution in [3.05, 3.63) is 0 Å². The molecule has 4 heteroatoms. The maximum Gasteiger partial charge on any atom is 0.269 e. The van der Waals surface area contributed by atoms with Gasteiger partial charge in [-0.1, -0.05) is 0 Å². The monoisotopic (exact) mass is 130 g/mol. The average Bonchev–Trinajstić information content (AvgIpc) is 1.67. The molecule has 1 unspecified atom stereocenters. The number of alkyl halides is 4. The van der Waals surface area contributed by atoms with Crippen molar-refractivity contribution in [3.63, 3.8) is 0 Å². The van der Waals surface area contributed by atoms with Crippen LogP contribution in [0.15, 0.2) is 0 Å². The summed E-state index contributed by atoms with van der Waals surface area (Å²) in [5, 5.41) is 0. The maximum atomic E-state index is 11.5. The molecule has 0 saturated carbocycles. The molecule has 1 atom stereocenters. The van der Waals surface area contributed by atoms with E-state index in [0.29, 0.717) is 0 Å². The summed E-state index contributed by atoms with van der Waals surface area (Å²) in [6, 6.07) is 0. The molecule has 0 bridgehead atoms. The Kier molecular flexibility index (Phi) is 3.56. The third-order valence-corrected chi connectivity index (χ3v) is 0.658. The fourth-order valence-electron chi connectivity index (χ4n) is 0.230. The normalized spacial score (nSPS) is 14.6. The lowest BCUT2D eigenvalue weighted by molar-refractivity contribution is 0.0418. The Bertz CT molecular complexity index is 54.0. The summed E-state index contributed by atoms with van der Waals surface area (Å²) in [4.78, 5) is 0. The van der Waals surface area contributed by atoms with E-state index in [4.69, 9.17) is 0 Å². The molecule has 0 fully saturated rings. The van der Waals surface area contributed by atoms with E-state index in [1.54, 1.807) is 0 Å². The molecule has 0 aliphatic carbocycles. The summed E-state index contributed by atoms with van der Waals surface area (Å²) < 4.78 is 44.7. The zero-order chi connectivity index (χ0) is 6.57. The van der Waals surface area contributed by atoms with Gasteiger partial charge in [0.1, 0.15) is 0 Å². The van der Waals surface area contributed by atoms with Crippen molar-refractivity contribution < 1.29 is 17.6 Å². The molecule has 0 spiro atoms. The molecule has 50 valence electrons. The minimum absolute atomic E-state index is 0.697. The summed E-state index contributed by atoms with van der Waals surface area (Å²) in [5.74, 6) is 0. The molecular formula is C4H6F4. The predicted octanol–water partition coefficient (Wildman–Crippen LogP) is 1.95. The number of hydrogen-bond acceptors (Lipinski definition) is 0. The molecule has 0 aromatic carbocycles. The standard InChI is InChI=1S/C4H6F4/c5-2-1-3(6)4(7)8/h3-4H,1-2H2. The fourth-order valence-corrected chi connectivity index (χ4v) is 0.230. The number of halogens is 4. The molecule has 0 radical (unpaired) electrons. The first-order chi connectivity index (χ1) is 3.68. The van der Waals surface area contributed by atoms with Crippen LogP contribution in [0.3, 0.4) is 0 Å². The largest absolute Gasteiger partial charge is 0.269 e. The Balaban J connectivity index is 3.17. The van der Waals surface area contributed by atoms with Crippen LogP contribution in [0.1, 0.15) is 6.42 Å². The van der Waals surface area contributed by atoms with Crippen molar-refractivity contribution in [2.75, 3.05) is 6.67 Å². The molecule has 0 aromatic rings. The first-order valence-electron chi connectivity index (χ1n) is 2.16. The van der Waals surface area contributed by atoms with E-state index in [-0.39, 0.29) is 0 Å². The number of rotatable bonds is 3. The Morgan fingerprint density at radius 2 is 1.62 bits per heavy atom. The van der Waals surface area contributed by atoms with Crippen LogP contribution in [-0.2, 0) is 0 Å². The lowest BCUT2D eigenvalue weighted by Crippen LogP contribution is -2.11. The minimum Gasteiger partial charge on any atom is -0.251 e. The highest BCUT2D eigenvalue weighted by Crippen LogP contribution is 2.08. The highest BCUT2D eigenvalue weighted by molar-refractivity contribution is 4.55. The van der Waals surface area contributed by atoms with Gasteiger partial charge in [-0.25, -0.2) is 13.2 Å². The summed E-state index contributed by atoms with van der Waals surface area (Å²) in [5.41, 5.74) is 0. The van der Waals surface area contributed by atoms with Crippen molar-refractivity contribution in [1.82, 2.24) is 0 Å². The molecule has 0 nitrogen and oxygen atoms in total. The summed E-state index contributed by atoms with van der Waals surface area (Å²) >= 11 is 0. The van der Waals surface area contributed by atoms with Crippen molar-refractivity contribution in [3.8, 4) is 0 Å². The second-order valence-electron chi connectivity index (χ2n) is 1.33. The molecular weight excluding hydrogens is 124 g/mol. The molecule has 0 saturated heterocycles. The first-order valence-corrected chi connectivity index (χ1v) is 2.16. The van der Waals surface area contributed by atoms with Crippen LogP contribution < -0.4 is 0 Å². The SMILES string of the molecule is FCCC(F)C(F)F. The van der Waals surface area contributed by atoms with E-state index in [0.717, 1.165) is 0 Å². The van der Waals surface area contributed by atoms with Crippen LogP contribution in [0.5, 0.6) is 0 Å². The van der Waals surface area contributed by atoms with Crippen molar-refractivity contribution in [2.45, 2.75) is 19.0 Å². The van der Waals surface area contributed by atoms with Crippen LogP contribution in [0.2, 0.25) is 0 Å². The van der Waals surface area contributed by atoms with Crippen LogP contribution in [0.4, 0.5) is 17.6 Å². The molecule has 0 aliphatic rings. The number of hydrogen-bond donors (Lipinski definition) is 0. The van der Waals surface area contributed by atoms with Gasteiger partial charge in [0.25, 0.3) is 6.43 Å². The smallest absolute Gasteiger partial charge is 0.251 e. The Hall–Kier alpha value is -0.280. The second-order valence-corrected chi connectivity index (χ2v) is 1.33. The van der Waals surface area contributed by atoms with E-state index in [9.17, 15) is 17.6 Å². The lowest BCUT2D eigenvalue weighted by atomic mass is 10.3. The van der Waals surface area contributed by atoms with Crippen molar-refractivity contribution >= 4 is 0 Å². The molecule has 0 heterocycles. The van der Waals surface area contributed by atoms with Crippen molar-refractivity contribution in [1.29, 1.82) is 0 Å².